The van der Waals surface area contributed by atoms with Gasteiger partial charge in [0.2, 0.25) is 0 Å². The predicted octanol–water partition coefficient (Wildman–Crippen LogP) is 5.28. The summed E-state index contributed by atoms with van der Waals surface area (Å²) in [5.41, 5.74) is 3.50. The average Bonchev–Trinajstić information content (AvgIpc) is 3.19. The van der Waals surface area contributed by atoms with Crippen LogP contribution in [-0.2, 0) is 0 Å². The Hall–Kier alpha value is -3.14. The van der Waals surface area contributed by atoms with Gasteiger partial charge in [-0.05, 0) is 0 Å². The van der Waals surface area contributed by atoms with E-state index in [1.165, 1.54) is 0 Å². The molecule has 0 aliphatic rings. The van der Waals surface area contributed by atoms with Gasteiger partial charge in [-0.3, -0.25) is 0 Å². The SMILES string of the molecule is Cc1nc(-c2ccccc2)c(-c2oc(C)nc2-c2ccccc2)o1. The van der Waals surface area contributed by atoms with Gasteiger partial charge in [0.25, 0.3) is 0 Å². The van der Waals surface area contributed by atoms with Crippen LogP contribution in [0.15, 0.2) is 69.5 Å². The Morgan fingerprint density at radius 2 is 0.958 bits per heavy atom. The van der Waals surface area contributed by atoms with Crippen molar-refractivity contribution in [1.82, 2.24) is 9.97 Å². The highest BCUT2D eigenvalue weighted by atomic mass is 16.4. The van der Waals surface area contributed by atoms with Gasteiger partial charge >= 0.3 is 0 Å². The molecule has 0 aliphatic heterocycles. The van der Waals surface area contributed by atoms with E-state index in [4.69, 9.17) is 8.83 Å². The summed E-state index contributed by atoms with van der Waals surface area (Å²) in [6.45, 7) is 3.67. The molecule has 0 saturated heterocycles. The minimum atomic E-state index is 0.594. The van der Waals surface area contributed by atoms with E-state index in [1.54, 1.807) is 0 Å². The van der Waals surface area contributed by atoms with E-state index in [1.807, 2.05) is 74.5 Å². The van der Waals surface area contributed by atoms with Gasteiger partial charge in [0, 0.05) is 25.0 Å². The van der Waals surface area contributed by atoms with Crippen LogP contribution in [0.3, 0.4) is 0 Å². The Morgan fingerprint density at radius 1 is 0.583 bits per heavy atom. The van der Waals surface area contributed by atoms with Gasteiger partial charge in [0.15, 0.2) is 23.3 Å². The number of benzene rings is 2. The molecule has 0 saturated carbocycles. The van der Waals surface area contributed by atoms with Gasteiger partial charge in [-0.25, -0.2) is 9.97 Å². The van der Waals surface area contributed by atoms with Gasteiger partial charge in [-0.15, -0.1) is 0 Å². The number of hydrogen-bond donors (Lipinski definition) is 0. The van der Waals surface area contributed by atoms with E-state index in [0.29, 0.717) is 23.3 Å². The summed E-state index contributed by atoms with van der Waals surface area (Å²) in [4.78, 5) is 9.09. The third kappa shape index (κ3) is 2.52. The molecule has 0 fully saturated rings. The normalized spacial score (nSPS) is 10.9. The maximum absolute atomic E-state index is 5.89. The smallest absolute Gasteiger partial charge is 0.200 e. The molecular weight excluding hydrogens is 300 g/mol. The molecule has 4 aromatic rings. The van der Waals surface area contributed by atoms with Gasteiger partial charge in [-0.2, -0.15) is 0 Å². The van der Waals surface area contributed by atoms with E-state index >= 15 is 0 Å². The van der Waals surface area contributed by atoms with Gasteiger partial charge in [0.1, 0.15) is 11.4 Å². The second kappa shape index (κ2) is 5.81. The first-order valence-electron chi connectivity index (χ1n) is 7.78. The molecule has 0 atom stereocenters. The monoisotopic (exact) mass is 316 g/mol. The van der Waals surface area contributed by atoms with Gasteiger partial charge in [0.05, 0.1) is 0 Å². The highest BCUT2D eigenvalue weighted by Gasteiger charge is 2.23. The molecule has 4 rings (SSSR count). The van der Waals surface area contributed by atoms with Crippen LogP contribution in [0, 0.1) is 13.8 Å². The van der Waals surface area contributed by atoms with Crippen molar-refractivity contribution in [2.24, 2.45) is 0 Å². The minimum Gasteiger partial charge on any atom is -0.437 e. The topological polar surface area (TPSA) is 52.1 Å². The van der Waals surface area contributed by atoms with E-state index in [9.17, 15) is 0 Å². The van der Waals surface area contributed by atoms with Crippen LogP contribution in [0.5, 0.6) is 0 Å². The van der Waals surface area contributed by atoms with Crippen molar-refractivity contribution in [2.75, 3.05) is 0 Å². The lowest BCUT2D eigenvalue weighted by Crippen LogP contribution is -1.84. The zero-order valence-electron chi connectivity index (χ0n) is 13.5. The molecule has 0 amide bonds. The third-order valence-electron chi connectivity index (χ3n) is 3.77. The number of rotatable bonds is 3. The maximum atomic E-state index is 5.89. The van der Waals surface area contributed by atoms with E-state index in [-0.39, 0.29) is 0 Å². The molecule has 0 N–H and O–H groups in total. The van der Waals surface area contributed by atoms with Crippen LogP contribution in [0.2, 0.25) is 0 Å². The summed E-state index contributed by atoms with van der Waals surface area (Å²) in [6.07, 6.45) is 0. The molecule has 0 unspecified atom stereocenters. The molecule has 4 heteroatoms. The Bertz CT molecular complexity index is 888. The standard InChI is InChI=1S/C20H16N2O2/c1-13-21-17(15-9-5-3-6-10-15)19(23-13)20-18(22-14(2)24-20)16-11-7-4-8-12-16/h3-12H,1-2H3. The molecule has 24 heavy (non-hydrogen) atoms. The van der Waals surface area contributed by atoms with E-state index in [2.05, 4.69) is 9.97 Å². The van der Waals surface area contributed by atoms with Crippen LogP contribution in [0.4, 0.5) is 0 Å². The van der Waals surface area contributed by atoms with Crippen molar-refractivity contribution in [1.29, 1.82) is 0 Å². The molecule has 118 valence electrons. The molecule has 2 aromatic heterocycles. The third-order valence-corrected chi connectivity index (χ3v) is 3.77. The number of oxazole rings is 2. The predicted molar refractivity (Wildman–Crippen MR) is 92.3 cm³/mol. The van der Waals surface area contributed by atoms with Crippen molar-refractivity contribution in [3.05, 3.63) is 72.4 Å². The number of aryl methyl sites for hydroxylation is 2. The summed E-state index contributed by atoms with van der Waals surface area (Å²) >= 11 is 0. The van der Waals surface area contributed by atoms with Crippen LogP contribution in [-0.4, -0.2) is 9.97 Å². The molecule has 0 aliphatic carbocycles. The lowest BCUT2D eigenvalue weighted by molar-refractivity contribution is 0.485. The lowest BCUT2D eigenvalue weighted by atomic mass is 10.1. The maximum Gasteiger partial charge on any atom is 0.200 e. The van der Waals surface area contributed by atoms with Crippen LogP contribution < -0.4 is 0 Å². The Labute approximate surface area is 139 Å². The summed E-state index contributed by atoms with van der Waals surface area (Å²) in [7, 11) is 0. The second-order valence-electron chi connectivity index (χ2n) is 5.55. The summed E-state index contributed by atoms with van der Waals surface area (Å²) < 4.78 is 11.8. The summed E-state index contributed by atoms with van der Waals surface area (Å²) in [6, 6.07) is 19.9. The van der Waals surface area contributed by atoms with Crippen molar-refractivity contribution in [3.8, 4) is 34.0 Å². The Kier molecular flexibility index (Phi) is 3.50. The second-order valence-corrected chi connectivity index (χ2v) is 5.55. The number of hydrogen-bond acceptors (Lipinski definition) is 4. The van der Waals surface area contributed by atoms with Crippen molar-refractivity contribution >= 4 is 0 Å². The van der Waals surface area contributed by atoms with Crippen molar-refractivity contribution < 1.29 is 8.83 Å². The zero-order valence-corrected chi connectivity index (χ0v) is 13.5. The van der Waals surface area contributed by atoms with Crippen molar-refractivity contribution in [3.63, 3.8) is 0 Å². The fourth-order valence-electron chi connectivity index (χ4n) is 2.75. The highest BCUT2D eigenvalue weighted by molar-refractivity contribution is 5.82. The molecular formula is C20H16N2O2. The lowest BCUT2D eigenvalue weighted by Gasteiger charge is -2.01. The summed E-state index contributed by atoms with van der Waals surface area (Å²) in [5, 5.41) is 0. The van der Waals surface area contributed by atoms with E-state index < -0.39 is 0 Å². The first-order chi connectivity index (χ1) is 11.7. The quantitative estimate of drug-likeness (QED) is 0.516. The fraction of sp³-hybridized carbons (Fsp3) is 0.100. The fourth-order valence-corrected chi connectivity index (χ4v) is 2.75. The van der Waals surface area contributed by atoms with Crippen LogP contribution in [0.1, 0.15) is 11.8 Å². The average molecular weight is 316 g/mol. The Balaban J connectivity index is 1.93. The zero-order chi connectivity index (χ0) is 16.5. The molecule has 0 spiro atoms. The molecule has 2 heterocycles. The molecule has 0 bridgehead atoms. The summed E-state index contributed by atoms with van der Waals surface area (Å²) in [5.74, 6) is 2.41. The molecule has 0 radical (unpaired) electrons. The molecule has 2 aromatic carbocycles. The van der Waals surface area contributed by atoms with E-state index in [0.717, 1.165) is 22.5 Å². The number of aromatic nitrogens is 2. The van der Waals surface area contributed by atoms with Gasteiger partial charge < -0.3 is 8.83 Å². The molecule has 4 nitrogen and oxygen atoms in total. The van der Waals surface area contributed by atoms with Gasteiger partial charge in [-0.1, -0.05) is 60.7 Å². The highest BCUT2D eigenvalue weighted by Crippen LogP contribution is 2.38. The largest absolute Gasteiger partial charge is 0.437 e. The Morgan fingerprint density at radius 3 is 1.33 bits per heavy atom. The van der Waals surface area contributed by atoms with Crippen molar-refractivity contribution in [2.45, 2.75) is 13.8 Å². The minimum absolute atomic E-state index is 0.594. The van der Waals surface area contributed by atoms with Crippen LogP contribution in [0.25, 0.3) is 34.0 Å². The number of nitrogens with zero attached hydrogens (tertiary/aromatic N) is 2. The first-order valence-corrected chi connectivity index (χ1v) is 7.78. The first kappa shape index (κ1) is 14.5. The van der Waals surface area contributed by atoms with Crippen LogP contribution >= 0.6 is 0 Å².